The molecule has 0 atom stereocenters. The zero-order valence-electron chi connectivity index (χ0n) is 21.2. The van der Waals surface area contributed by atoms with E-state index in [1.807, 2.05) is 0 Å². The molecule has 7 nitrogen and oxygen atoms in total. The van der Waals surface area contributed by atoms with Crippen molar-refractivity contribution >= 4 is 5.91 Å². The van der Waals surface area contributed by atoms with Crippen molar-refractivity contribution in [3.05, 3.63) is 29.8 Å². The van der Waals surface area contributed by atoms with E-state index in [1.165, 1.54) is 70.4 Å². The molecule has 1 aromatic carbocycles. The van der Waals surface area contributed by atoms with Gasteiger partial charge in [-0.1, -0.05) is 18.6 Å². The summed E-state index contributed by atoms with van der Waals surface area (Å²) < 4.78 is 6.00. The van der Waals surface area contributed by atoms with Crippen LogP contribution in [0.2, 0.25) is 0 Å². The van der Waals surface area contributed by atoms with Gasteiger partial charge in [-0.15, -0.1) is 0 Å². The van der Waals surface area contributed by atoms with Gasteiger partial charge >= 0.3 is 0 Å². The first-order valence-electron chi connectivity index (χ1n) is 13.5. The van der Waals surface area contributed by atoms with Crippen molar-refractivity contribution in [1.82, 2.24) is 24.9 Å². The molecule has 0 aliphatic carbocycles. The Balaban J connectivity index is 1.08. The first kappa shape index (κ1) is 25.4. The van der Waals surface area contributed by atoms with E-state index >= 15 is 0 Å². The Kier molecular flexibility index (Phi) is 10.0. The molecule has 3 aliphatic rings. The summed E-state index contributed by atoms with van der Waals surface area (Å²) in [4.78, 5) is 21.6. The smallest absolute Gasteiger partial charge is 0.233 e. The van der Waals surface area contributed by atoms with Crippen LogP contribution in [0.5, 0.6) is 5.75 Å². The molecular formula is C27H45N5O2. The first-order valence-corrected chi connectivity index (χ1v) is 13.5. The fraction of sp³-hybridized carbons (Fsp3) is 0.741. The number of ether oxygens (including phenoxy) is 1. The lowest BCUT2D eigenvalue weighted by Crippen LogP contribution is -2.49. The number of carbonyl (C=O) groups is 1. The molecule has 3 aliphatic heterocycles. The largest absolute Gasteiger partial charge is 0.492 e. The minimum absolute atomic E-state index is 0.0951. The summed E-state index contributed by atoms with van der Waals surface area (Å²) in [6, 6.07) is 9.54. The van der Waals surface area contributed by atoms with E-state index in [4.69, 9.17) is 4.74 Å². The average Bonchev–Trinajstić information content (AvgIpc) is 2.90. The van der Waals surface area contributed by atoms with Crippen LogP contribution in [0.15, 0.2) is 24.3 Å². The maximum Gasteiger partial charge on any atom is 0.233 e. The highest BCUT2D eigenvalue weighted by Crippen LogP contribution is 2.21. The van der Waals surface area contributed by atoms with Crippen LogP contribution in [0.3, 0.4) is 0 Å². The molecule has 0 radical (unpaired) electrons. The normalized spacial score (nSPS) is 22.0. The quantitative estimate of drug-likeness (QED) is 0.563. The number of amides is 1. The molecule has 3 saturated heterocycles. The minimum atomic E-state index is 0.0951. The van der Waals surface area contributed by atoms with Crippen molar-refractivity contribution in [2.45, 2.75) is 44.6 Å². The number of rotatable bonds is 10. The second-order valence-corrected chi connectivity index (χ2v) is 10.2. The second kappa shape index (κ2) is 13.4. The highest BCUT2D eigenvalue weighted by molar-refractivity contribution is 5.77. The molecule has 3 heterocycles. The summed E-state index contributed by atoms with van der Waals surface area (Å²) >= 11 is 0. The Morgan fingerprint density at radius 3 is 2.18 bits per heavy atom. The lowest BCUT2D eigenvalue weighted by molar-refractivity contribution is -0.122. The highest BCUT2D eigenvalue weighted by Gasteiger charge is 2.25. The van der Waals surface area contributed by atoms with Crippen molar-refractivity contribution in [2.75, 3.05) is 85.6 Å². The van der Waals surface area contributed by atoms with Crippen LogP contribution in [-0.4, -0.2) is 117 Å². The van der Waals surface area contributed by atoms with Crippen LogP contribution < -0.4 is 10.1 Å². The number of likely N-dealkylation sites (tertiary alicyclic amines) is 2. The molecule has 3 fully saturated rings. The standard InChI is InChI=1S/C27H45N5O2/c1-28-27(33)23-31-19-17-30(18-20-31)21-22-34-26-7-5-24(6-8-26)9-14-29-15-10-25(11-16-29)32-12-3-2-4-13-32/h5-8,25H,2-4,9-23H2,1H3,(H,28,33). The molecule has 4 rings (SSSR count). The van der Waals surface area contributed by atoms with Crippen molar-refractivity contribution in [3.63, 3.8) is 0 Å². The number of piperidine rings is 2. The van der Waals surface area contributed by atoms with Gasteiger partial charge in [0.2, 0.25) is 5.91 Å². The van der Waals surface area contributed by atoms with Crippen molar-refractivity contribution in [1.29, 1.82) is 0 Å². The summed E-state index contributed by atoms with van der Waals surface area (Å²) in [5.74, 6) is 1.06. The number of carbonyl (C=O) groups excluding carboxylic acids is 1. The molecule has 190 valence electrons. The minimum Gasteiger partial charge on any atom is -0.492 e. The van der Waals surface area contributed by atoms with E-state index in [2.05, 4.69) is 49.2 Å². The SMILES string of the molecule is CNC(=O)CN1CCN(CCOc2ccc(CCN3CCC(N4CCCCC4)CC3)cc2)CC1. The number of nitrogens with zero attached hydrogens (tertiary/aromatic N) is 4. The van der Waals surface area contributed by atoms with Crippen LogP contribution >= 0.6 is 0 Å². The third kappa shape index (κ3) is 7.94. The van der Waals surface area contributed by atoms with E-state index in [0.717, 1.165) is 50.9 Å². The van der Waals surface area contributed by atoms with Gasteiger partial charge < -0.3 is 19.9 Å². The molecule has 7 heteroatoms. The maximum absolute atomic E-state index is 11.5. The van der Waals surface area contributed by atoms with Crippen molar-refractivity contribution in [2.24, 2.45) is 0 Å². The Bertz CT molecular complexity index is 721. The molecule has 0 aromatic heterocycles. The molecule has 1 aromatic rings. The summed E-state index contributed by atoms with van der Waals surface area (Å²) in [6.07, 6.45) is 8.04. The van der Waals surface area contributed by atoms with Crippen molar-refractivity contribution in [3.8, 4) is 5.75 Å². The van der Waals surface area contributed by atoms with Gasteiger partial charge in [0.1, 0.15) is 12.4 Å². The van der Waals surface area contributed by atoms with E-state index < -0.39 is 0 Å². The number of hydrogen-bond donors (Lipinski definition) is 1. The van der Waals surface area contributed by atoms with Gasteiger partial charge in [-0.25, -0.2) is 0 Å². The molecule has 1 N–H and O–H groups in total. The maximum atomic E-state index is 11.5. The number of likely N-dealkylation sites (N-methyl/N-ethyl adjacent to an activating group) is 1. The van der Waals surface area contributed by atoms with Crippen LogP contribution in [0.1, 0.15) is 37.7 Å². The van der Waals surface area contributed by atoms with Gasteiger partial charge in [0.05, 0.1) is 6.54 Å². The second-order valence-electron chi connectivity index (χ2n) is 10.2. The Morgan fingerprint density at radius 2 is 1.50 bits per heavy atom. The molecule has 0 saturated carbocycles. The van der Waals surface area contributed by atoms with E-state index in [0.29, 0.717) is 13.2 Å². The lowest BCUT2D eigenvalue weighted by atomic mass is 9.99. The molecule has 1 amide bonds. The van der Waals surface area contributed by atoms with Gasteiger partial charge in [-0.2, -0.15) is 0 Å². The number of hydrogen-bond acceptors (Lipinski definition) is 6. The summed E-state index contributed by atoms with van der Waals surface area (Å²) in [7, 11) is 1.70. The molecule has 0 spiro atoms. The molecule has 0 bridgehead atoms. The predicted molar refractivity (Wildman–Crippen MR) is 137 cm³/mol. The monoisotopic (exact) mass is 471 g/mol. The van der Waals surface area contributed by atoms with E-state index in [-0.39, 0.29) is 5.91 Å². The fourth-order valence-electron chi connectivity index (χ4n) is 5.58. The summed E-state index contributed by atoms with van der Waals surface area (Å²) in [5.41, 5.74) is 1.40. The molecular weight excluding hydrogens is 426 g/mol. The third-order valence-corrected chi connectivity index (χ3v) is 7.89. The highest BCUT2D eigenvalue weighted by atomic mass is 16.5. The molecule has 34 heavy (non-hydrogen) atoms. The topological polar surface area (TPSA) is 51.3 Å². The van der Waals surface area contributed by atoms with Gasteiger partial charge in [-0.05, 0) is 76.0 Å². The number of piperazine rings is 1. The zero-order valence-corrected chi connectivity index (χ0v) is 21.2. The zero-order chi connectivity index (χ0) is 23.6. The number of nitrogens with one attached hydrogen (secondary N) is 1. The predicted octanol–water partition coefficient (Wildman–Crippen LogP) is 1.92. The van der Waals surface area contributed by atoms with Gasteiger partial charge in [0.15, 0.2) is 0 Å². The third-order valence-electron chi connectivity index (χ3n) is 7.89. The van der Waals surface area contributed by atoms with Crippen molar-refractivity contribution < 1.29 is 9.53 Å². The first-order chi connectivity index (χ1) is 16.7. The van der Waals surface area contributed by atoms with Gasteiger partial charge in [-0.3, -0.25) is 14.6 Å². The summed E-state index contributed by atoms with van der Waals surface area (Å²) in [6.45, 7) is 12.3. The molecule has 0 unspecified atom stereocenters. The van der Waals surface area contributed by atoms with Gasteiger partial charge in [0, 0.05) is 52.4 Å². The lowest BCUT2D eigenvalue weighted by Gasteiger charge is -2.40. The van der Waals surface area contributed by atoms with Crippen LogP contribution in [-0.2, 0) is 11.2 Å². The Labute approximate surface area is 206 Å². The van der Waals surface area contributed by atoms with Crippen LogP contribution in [0, 0.1) is 0 Å². The summed E-state index contributed by atoms with van der Waals surface area (Å²) in [5, 5.41) is 2.70. The van der Waals surface area contributed by atoms with E-state index in [1.54, 1.807) is 7.05 Å². The average molecular weight is 472 g/mol. The van der Waals surface area contributed by atoms with E-state index in [9.17, 15) is 4.79 Å². The Hall–Kier alpha value is -1.67. The Morgan fingerprint density at radius 1 is 0.853 bits per heavy atom. The van der Waals surface area contributed by atoms with Crippen LogP contribution in [0.4, 0.5) is 0 Å². The fourth-order valence-corrected chi connectivity index (χ4v) is 5.58. The van der Waals surface area contributed by atoms with Gasteiger partial charge in [0.25, 0.3) is 0 Å². The van der Waals surface area contributed by atoms with Crippen LogP contribution in [0.25, 0.3) is 0 Å². The number of benzene rings is 1.